The van der Waals surface area contributed by atoms with E-state index in [1.165, 1.54) is 44.1 Å². The van der Waals surface area contributed by atoms with Crippen LogP contribution in [0, 0.1) is 5.92 Å². The van der Waals surface area contributed by atoms with Gasteiger partial charge in [-0.05, 0) is 68.8 Å². The molecular formula is C20H33ClN2. The maximum absolute atomic E-state index is 6.09. The zero-order valence-corrected chi connectivity index (χ0v) is 15.5. The van der Waals surface area contributed by atoms with E-state index >= 15 is 0 Å². The largest absolute Gasteiger partial charge is 0.330 e. The van der Waals surface area contributed by atoms with Crippen LogP contribution in [-0.2, 0) is 5.41 Å². The van der Waals surface area contributed by atoms with Crippen LogP contribution in [0.5, 0.6) is 0 Å². The number of nitrogens with one attached hydrogen (secondary N) is 1. The van der Waals surface area contributed by atoms with Crippen molar-refractivity contribution in [3.63, 3.8) is 0 Å². The molecule has 1 aliphatic carbocycles. The van der Waals surface area contributed by atoms with Crippen LogP contribution >= 0.6 is 11.6 Å². The van der Waals surface area contributed by atoms with E-state index in [0.29, 0.717) is 17.4 Å². The monoisotopic (exact) mass is 336 g/mol. The summed E-state index contributed by atoms with van der Waals surface area (Å²) in [7, 11) is 0. The zero-order chi connectivity index (χ0) is 16.7. The molecule has 1 unspecified atom stereocenters. The highest BCUT2D eigenvalue weighted by Gasteiger charge is 2.45. The highest BCUT2D eigenvalue weighted by atomic mass is 35.5. The molecule has 1 saturated carbocycles. The molecule has 0 aromatic heterocycles. The van der Waals surface area contributed by atoms with Gasteiger partial charge in [0.2, 0.25) is 0 Å². The smallest absolute Gasteiger partial charge is 0.0406 e. The van der Waals surface area contributed by atoms with Crippen LogP contribution in [0.15, 0.2) is 24.3 Å². The SMILES string of the molecule is CC(C)CC(NCCCCCN)C1(c2ccc(Cl)cc2)CCC1. The first-order valence-electron chi connectivity index (χ1n) is 9.28. The third-order valence-electron chi connectivity index (χ3n) is 5.31. The summed E-state index contributed by atoms with van der Waals surface area (Å²) in [5.74, 6) is 0.710. The van der Waals surface area contributed by atoms with Gasteiger partial charge in [-0.2, -0.15) is 0 Å². The number of halogens is 1. The molecule has 2 rings (SSSR count). The molecule has 1 aromatic carbocycles. The summed E-state index contributed by atoms with van der Waals surface area (Å²) < 4.78 is 0. The van der Waals surface area contributed by atoms with Gasteiger partial charge < -0.3 is 11.1 Å². The summed E-state index contributed by atoms with van der Waals surface area (Å²) in [6, 6.07) is 9.14. The molecule has 3 N–H and O–H groups in total. The van der Waals surface area contributed by atoms with Crippen LogP contribution in [0.3, 0.4) is 0 Å². The van der Waals surface area contributed by atoms with Crippen molar-refractivity contribution in [2.45, 2.75) is 70.3 Å². The van der Waals surface area contributed by atoms with E-state index in [2.05, 4.69) is 31.3 Å². The van der Waals surface area contributed by atoms with Gasteiger partial charge in [-0.15, -0.1) is 0 Å². The quantitative estimate of drug-likeness (QED) is 0.597. The topological polar surface area (TPSA) is 38.0 Å². The summed E-state index contributed by atoms with van der Waals surface area (Å²) >= 11 is 6.09. The van der Waals surface area contributed by atoms with E-state index in [0.717, 1.165) is 24.5 Å². The first kappa shape index (κ1) is 18.8. The van der Waals surface area contributed by atoms with Gasteiger partial charge in [0.25, 0.3) is 0 Å². The molecule has 0 amide bonds. The van der Waals surface area contributed by atoms with Gasteiger partial charge in [-0.1, -0.05) is 50.4 Å². The van der Waals surface area contributed by atoms with Crippen molar-refractivity contribution < 1.29 is 0 Å². The number of unbranched alkanes of at least 4 members (excludes halogenated alkanes) is 2. The van der Waals surface area contributed by atoms with Gasteiger partial charge in [0.1, 0.15) is 0 Å². The molecule has 0 radical (unpaired) electrons. The average Bonchev–Trinajstić information content (AvgIpc) is 2.47. The van der Waals surface area contributed by atoms with Crippen LogP contribution in [0.1, 0.15) is 64.4 Å². The predicted octanol–water partition coefficient (Wildman–Crippen LogP) is 4.90. The van der Waals surface area contributed by atoms with Crippen molar-refractivity contribution in [1.29, 1.82) is 0 Å². The summed E-state index contributed by atoms with van der Waals surface area (Å²) in [5.41, 5.74) is 7.37. The van der Waals surface area contributed by atoms with Gasteiger partial charge in [-0.25, -0.2) is 0 Å². The second kappa shape index (κ2) is 9.05. The van der Waals surface area contributed by atoms with E-state index in [-0.39, 0.29) is 0 Å². The molecule has 1 aromatic rings. The number of nitrogens with two attached hydrogens (primary N) is 1. The van der Waals surface area contributed by atoms with Crippen LogP contribution in [0.4, 0.5) is 0 Å². The molecule has 1 fully saturated rings. The zero-order valence-electron chi connectivity index (χ0n) is 14.8. The Morgan fingerprint density at radius 3 is 2.35 bits per heavy atom. The molecule has 2 nitrogen and oxygen atoms in total. The first-order chi connectivity index (χ1) is 11.1. The van der Waals surface area contributed by atoms with Gasteiger partial charge >= 0.3 is 0 Å². The van der Waals surface area contributed by atoms with Gasteiger partial charge in [0.15, 0.2) is 0 Å². The van der Waals surface area contributed by atoms with Crippen molar-refractivity contribution in [1.82, 2.24) is 5.32 Å². The molecule has 0 spiro atoms. The van der Waals surface area contributed by atoms with E-state index < -0.39 is 0 Å². The summed E-state index contributed by atoms with van der Waals surface area (Å²) in [5, 5.41) is 4.72. The second-order valence-electron chi connectivity index (χ2n) is 7.50. The fraction of sp³-hybridized carbons (Fsp3) is 0.700. The fourth-order valence-electron chi connectivity index (χ4n) is 3.88. The Kier molecular flexibility index (Phi) is 7.39. The van der Waals surface area contributed by atoms with Gasteiger partial charge in [0, 0.05) is 16.5 Å². The maximum atomic E-state index is 6.09. The van der Waals surface area contributed by atoms with Gasteiger partial charge in [-0.3, -0.25) is 0 Å². The van der Waals surface area contributed by atoms with E-state index in [4.69, 9.17) is 17.3 Å². The van der Waals surface area contributed by atoms with Crippen molar-refractivity contribution in [2.75, 3.05) is 13.1 Å². The summed E-state index contributed by atoms with van der Waals surface area (Å²) in [6.45, 7) is 6.57. The van der Waals surface area contributed by atoms with Crippen molar-refractivity contribution in [3.8, 4) is 0 Å². The lowest BCUT2D eigenvalue weighted by molar-refractivity contribution is 0.151. The minimum absolute atomic E-state index is 0.308. The highest BCUT2D eigenvalue weighted by molar-refractivity contribution is 6.30. The number of rotatable bonds is 10. The van der Waals surface area contributed by atoms with Crippen molar-refractivity contribution >= 4 is 11.6 Å². The van der Waals surface area contributed by atoms with E-state index in [1.54, 1.807) is 0 Å². The van der Waals surface area contributed by atoms with Gasteiger partial charge in [0.05, 0.1) is 0 Å². The van der Waals surface area contributed by atoms with E-state index in [9.17, 15) is 0 Å². The molecular weight excluding hydrogens is 304 g/mol. The molecule has 0 saturated heterocycles. The molecule has 0 aliphatic heterocycles. The lowest BCUT2D eigenvalue weighted by atomic mass is 9.59. The van der Waals surface area contributed by atoms with E-state index in [1.807, 2.05) is 12.1 Å². The molecule has 1 atom stereocenters. The van der Waals surface area contributed by atoms with Crippen molar-refractivity contribution in [3.05, 3.63) is 34.9 Å². The minimum Gasteiger partial charge on any atom is -0.330 e. The fourth-order valence-corrected chi connectivity index (χ4v) is 4.00. The summed E-state index contributed by atoms with van der Waals surface area (Å²) in [4.78, 5) is 0. The third-order valence-corrected chi connectivity index (χ3v) is 5.56. The minimum atomic E-state index is 0.308. The lowest BCUT2D eigenvalue weighted by Crippen LogP contribution is -2.53. The molecule has 23 heavy (non-hydrogen) atoms. The summed E-state index contributed by atoms with van der Waals surface area (Å²) in [6.07, 6.45) is 8.75. The molecule has 0 bridgehead atoms. The molecule has 1 aliphatic rings. The lowest BCUT2D eigenvalue weighted by Gasteiger charge is -2.49. The molecule has 3 heteroatoms. The number of hydrogen-bond donors (Lipinski definition) is 2. The standard InChI is InChI=1S/C20H33ClN2/c1-16(2)15-19(23-14-5-3-4-13-22)20(11-6-12-20)17-7-9-18(21)10-8-17/h7-10,16,19,23H,3-6,11-15,22H2,1-2H3. The normalized spacial score (nSPS) is 18.0. The third kappa shape index (κ3) is 4.95. The Balaban J connectivity index is 2.06. The Bertz CT molecular complexity index is 451. The highest BCUT2D eigenvalue weighted by Crippen LogP contribution is 2.48. The molecule has 130 valence electrons. The van der Waals surface area contributed by atoms with Crippen LogP contribution in [-0.4, -0.2) is 19.1 Å². The Hall–Kier alpha value is -0.570. The number of benzene rings is 1. The Morgan fingerprint density at radius 1 is 1.13 bits per heavy atom. The van der Waals surface area contributed by atoms with Crippen molar-refractivity contribution in [2.24, 2.45) is 11.7 Å². The van der Waals surface area contributed by atoms with Crippen LogP contribution in [0.25, 0.3) is 0 Å². The predicted molar refractivity (Wildman–Crippen MR) is 101 cm³/mol. The first-order valence-corrected chi connectivity index (χ1v) is 9.66. The van der Waals surface area contributed by atoms with Crippen LogP contribution in [0.2, 0.25) is 5.02 Å². The maximum Gasteiger partial charge on any atom is 0.0406 e. The Labute approximate surface area is 147 Å². The van der Waals surface area contributed by atoms with Crippen LogP contribution < -0.4 is 11.1 Å². The number of hydrogen-bond acceptors (Lipinski definition) is 2. The average molecular weight is 337 g/mol. The second-order valence-corrected chi connectivity index (χ2v) is 7.94. The molecule has 0 heterocycles. The Morgan fingerprint density at radius 2 is 1.83 bits per heavy atom.